The third-order valence-corrected chi connectivity index (χ3v) is 6.69. The Morgan fingerprint density at radius 1 is 1.16 bits per heavy atom. The van der Waals surface area contributed by atoms with Gasteiger partial charge in [0.15, 0.2) is 0 Å². The Kier molecular flexibility index (Phi) is 5.42. The molecule has 162 valence electrons. The number of pyridine rings is 1. The maximum atomic E-state index is 12.9. The summed E-state index contributed by atoms with van der Waals surface area (Å²) in [6.45, 7) is 4.20. The Hall–Kier alpha value is -2.83. The van der Waals surface area contributed by atoms with Gasteiger partial charge in [0, 0.05) is 55.1 Å². The van der Waals surface area contributed by atoms with Crippen molar-refractivity contribution in [3.05, 3.63) is 47.2 Å². The number of hydrogen-bond donors (Lipinski definition) is 0. The lowest BCUT2D eigenvalue weighted by Crippen LogP contribution is -2.41. The van der Waals surface area contributed by atoms with E-state index in [2.05, 4.69) is 4.98 Å². The van der Waals surface area contributed by atoms with E-state index in [0.29, 0.717) is 25.3 Å². The molecule has 0 N–H and O–H groups in total. The number of carbonyl (C=O) groups excluding carboxylic acids is 2. The van der Waals surface area contributed by atoms with E-state index in [9.17, 15) is 9.59 Å². The summed E-state index contributed by atoms with van der Waals surface area (Å²) < 4.78 is 0. The maximum absolute atomic E-state index is 12.9. The van der Waals surface area contributed by atoms with Crippen molar-refractivity contribution in [2.75, 3.05) is 24.5 Å². The molecule has 31 heavy (non-hydrogen) atoms. The minimum Gasteiger partial charge on any atom is -0.342 e. The summed E-state index contributed by atoms with van der Waals surface area (Å²) in [5.74, 6) is 2.60. The van der Waals surface area contributed by atoms with Gasteiger partial charge in [0.25, 0.3) is 0 Å². The van der Waals surface area contributed by atoms with Crippen LogP contribution in [0.25, 0.3) is 0 Å². The van der Waals surface area contributed by atoms with Gasteiger partial charge < -0.3 is 4.90 Å². The zero-order valence-electron chi connectivity index (χ0n) is 18.1. The zero-order chi connectivity index (χ0) is 21.4. The van der Waals surface area contributed by atoms with Crippen LogP contribution in [0.15, 0.2) is 24.4 Å². The number of aryl methyl sites for hydroxylation is 1. The molecule has 1 saturated carbocycles. The Balaban J connectivity index is 1.36. The summed E-state index contributed by atoms with van der Waals surface area (Å²) in [5.41, 5.74) is 2.89. The predicted octanol–water partition coefficient (Wildman–Crippen LogP) is 2.82. The van der Waals surface area contributed by atoms with E-state index in [-0.39, 0.29) is 17.7 Å². The summed E-state index contributed by atoms with van der Waals surface area (Å²) in [7, 11) is 0. The van der Waals surface area contributed by atoms with Crippen molar-refractivity contribution >= 4 is 17.6 Å². The molecule has 2 aliphatic heterocycles. The molecule has 1 atom stereocenters. The fraction of sp³-hybridized carbons (Fsp3) is 0.542. The van der Waals surface area contributed by atoms with Crippen molar-refractivity contribution in [1.82, 2.24) is 19.9 Å². The van der Waals surface area contributed by atoms with E-state index >= 15 is 0 Å². The molecular formula is C24H29N5O2. The molecule has 2 fully saturated rings. The summed E-state index contributed by atoms with van der Waals surface area (Å²) >= 11 is 0. The van der Waals surface area contributed by atoms with Gasteiger partial charge in [-0.2, -0.15) is 0 Å². The standard InChI is InChI=1S/C24H29N5O2/c1-16-20-9-10-21(30)29(14-17-7-8-17)24(20)27-23(26-16)18-5-4-12-28(15-18)22(31)13-19-6-2-3-11-25-19/h2-3,6,11,17-18H,4-5,7-10,12-15H2,1H3. The number of carbonyl (C=O) groups is 2. The first kappa shape index (κ1) is 20.1. The molecule has 2 aromatic rings. The lowest BCUT2D eigenvalue weighted by atomic mass is 9.95. The summed E-state index contributed by atoms with van der Waals surface area (Å²) in [6, 6.07) is 5.66. The van der Waals surface area contributed by atoms with Crippen LogP contribution in [0.4, 0.5) is 5.82 Å². The van der Waals surface area contributed by atoms with E-state index < -0.39 is 0 Å². The van der Waals surface area contributed by atoms with Crippen molar-refractivity contribution in [3.8, 4) is 0 Å². The molecule has 1 aliphatic carbocycles. The van der Waals surface area contributed by atoms with Crippen molar-refractivity contribution in [2.45, 2.75) is 57.8 Å². The average molecular weight is 420 g/mol. The molecule has 0 bridgehead atoms. The first-order valence-corrected chi connectivity index (χ1v) is 11.4. The van der Waals surface area contributed by atoms with Gasteiger partial charge in [0.05, 0.1) is 6.42 Å². The second kappa shape index (κ2) is 8.36. The largest absolute Gasteiger partial charge is 0.342 e. The first-order chi connectivity index (χ1) is 15.1. The second-order valence-electron chi connectivity index (χ2n) is 9.09. The van der Waals surface area contributed by atoms with E-state index in [4.69, 9.17) is 9.97 Å². The highest BCUT2D eigenvalue weighted by Crippen LogP contribution is 2.36. The number of nitrogens with zero attached hydrogens (tertiary/aromatic N) is 5. The van der Waals surface area contributed by atoms with Crippen molar-refractivity contribution < 1.29 is 9.59 Å². The molecule has 2 amide bonds. The van der Waals surface area contributed by atoms with Crippen LogP contribution in [0.5, 0.6) is 0 Å². The molecule has 3 aliphatic rings. The number of anilines is 1. The zero-order valence-corrected chi connectivity index (χ0v) is 18.1. The maximum Gasteiger partial charge on any atom is 0.228 e. The highest BCUT2D eigenvalue weighted by molar-refractivity contribution is 5.95. The Morgan fingerprint density at radius 3 is 2.81 bits per heavy atom. The number of aromatic nitrogens is 3. The third-order valence-electron chi connectivity index (χ3n) is 6.69. The number of hydrogen-bond acceptors (Lipinski definition) is 5. The fourth-order valence-corrected chi connectivity index (χ4v) is 4.72. The Bertz CT molecular complexity index is 989. The van der Waals surface area contributed by atoms with Crippen molar-refractivity contribution in [3.63, 3.8) is 0 Å². The highest BCUT2D eigenvalue weighted by atomic mass is 16.2. The van der Waals surface area contributed by atoms with Gasteiger partial charge >= 0.3 is 0 Å². The second-order valence-corrected chi connectivity index (χ2v) is 9.09. The Morgan fingerprint density at radius 2 is 2.03 bits per heavy atom. The lowest BCUT2D eigenvalue weighted by Gasteiger charge is -2.34. The quantitative estimate of drug-likeness (QED) is 0.745. The minimum absolute atomic E-state index is 0.101. The summed E-state index contributed by atoms with van der Waals surface area (Å²) in [4.78, 5) is 43.4. The molecule has 1 unspecified atom stereocenters. The molecule has 4 heterocycles. The molecule has 0 spiro atoms. The van der Waals surface area contributed by atoms with E-state index in [1.807, 2.05) is 34.9 Å². The predicted molar refractivity (Wildman–Crippen MR) is 117 cm³/mol. The average Bonchev–Trinajstić information content (AvgIpc) is 3.61. The van der Waals surface area contributed by atoms with E-state index in [0.717, 1.165) is 60.9 Å². The van der Waals surface area contributed by atoms with Gasteiger partial charge in [-0.3, -0.25) is 19.5 Å². The van der Waals surface area contributed by atoms with Crippen LogP contribution in [0.2, 0.25) is 0 Å². The van der Waals surface area contributed by atoms with Crippen LogP contribution in [0, 0.1) is 12.8 Å². The summed E-state index contributed by atoms with van der Waals surface area (Å²) in [6.07, 6.45) is 7.60. The smallest absolute Gasteiger partial charge is 0.228 e. The van der Waals surface area contributed by atoms with Crippen LogP contribution in [-0.2, 0) is 22.4 Å². The third kappa shape index (κ3) is 4.31. The van der Waals surface area contributed by atoms with Crippen molar-refractivity contribution in [2.24, 2.45) is 5.92 Å². The molecule has 0 aromatic carbocycles. The van der Waals surface area contributed by atoms with Gasteiger partial charge in [0.2, 0.25) is 11.8 Å². The highest BCUT2D eigenvalue weighted by Gasteiger charge is 2.34. The molecule has 1 saturated heterocycles. The Labute approximate surface area is 182 Å². The van der Waals surface area contributed by atoms with Crippen LogP contribution >= 0.6 is 0 Å². The summed E-state index contributed by atoms with van der Waals surface area (Å²) in [5, 5.41) is 0. The normalized spacial score (nSPS) is 21.2. The fourth-order valence-electron chi connectivity index (χ4n) is 4.72. The van der Waals surface area contributed by atoms with Gasteiger partial charge in [-0.25, -0.2) is 9.97 Å². The van der Waals surface area contributed by atoms with Gasteiger partial charge in [-0.15, -0.1) is 0 Å². The SMILES string of the molecule is Cc1nc(C2CCCN(C(=O)Cc3ccccn3)C2)nc2c1CCC(=O)N2CC1CC1. The minimum atomic E-state index is 0.101. The van der Waals surface area contributed by atoms with Gasteiger partial charge in [0.1, 0.15) is 11.6 Å². The molecule has 7 heteroatoms. The first-order valence-electron chi connectivity index (χ1n) is 11.4. The molecule has 2 aromatic heterocycles. The van der Waals surface area contributed by atoms with Gasteiger partial charge in [-0.05, 0) is 57.1 Å². The van der Waals surface area contributed by atoms with Crippen LogP contribution in [-0.4, -0.2) is 51.3 Å². The molecule has 5 rings (SSSR count). The number of amides is 2. The van der Waals surface area contributed by atoms with Crippen LogP contribution in [0.1, 0.15) is 60.8 Å². The molecule has 7 nitrogen and oxygen atoms in total. The topological polar surface area (TPSA) is 79.3 Å². The molecular weight excluding hydrogens is 390 g/mol. The van der Waals surface area contributed by atoms with Crippen LogP contribution < -0.4 is 4.90 Å². The number of rotatable bonds is 5. The number of likely N-dealkylation sites (tertiary alicyclic amines) is 1. The monoisotopic (exact) mass is 419 g/mol. The number of fused-ring (bicyclic) bond motifs is 1. The van der Waals surface area contributed by atoms with E-state index in [1.54, 1.807) is 6.20 Å². The van der Waals surface area contributed by atoms with Crippen LogP contribution in [0.3, 0.4) is 0 Å². The van der Waals surface area contributed by atoms with E-state index in [1.165, 1.54) is 12.8 Å². The number of piperidine rings is 1. The lowest BCUT2D eigenvalue weighted by molar-refractivity contribution is -0.131. The molecule has 0 radical (unpaired) electrons. The van der Waals surface area contributed by atoms with Gasteiger partial charge in [-0.1, -0.05) is 6.07 Å². The van der Waals surface area contributed by atoms with Crippen molar-refractivity contribution in [1.29, 1.82) is 0 Å².